The Balaban J connectivity index is 4.20. The van der Waals surface area contributed by atoms with E-state index in [0.717, 1.165) is 38.5 Å². The molecular formula is C39H79N2O6P. The second-order valence-corrected chi connectivity index (χ2v) is 15.3. The van der Waals surface area contributed by atoms with E-state index in [0.29, 0.717) is 6.42 Å². The van der Waals surface area contributed by atoms with Gasteiger partial charge in [0, 0.05) is 13.0 Å². The summed E-state index contributed by atoms with van der Waals surface area (Å²) in [6.45, 7) is 4.14. The van der Waals surface area contributed by atoms with Gasteiger partial charge in [-0.05, 0) is 19.3 Å². The van der Waals surface area contributed by atoms with Crippen LogP contribution in [-0.4, -0.2) is 47.8 Å². The number of carbonyl (C=O) groups is 1. The third-order valence-electron chi connectivity index (χ3n) is 9.11. The summed E-state index contributed by atoms with van der Waals surface area (Å²) in [5.41, 5.74) is 5.36. The van der Waals surface area contributed by atoms with Crippen molar-refractivity contribution in [1.29, 1.82) is 0 Å². The molecule has 0 saturated carbocycles. The van der Waals surface area contributed by atoms with Gasteiger partial charge in [-0.3, -0.25) is 13.8 Å². The first-order chi connectivity index (χ1) is 23.4. The minimum absolute atomic E-state index is 0.0811. The molecule has 0 saturated heterocycles. The Labute approximate surface area is 296 Å². The molecule has 0 bridgehead atoms. The van der Waals surface area contributed by atoms with Crippen molar-refractivity contribution >= 4 is 13.7 Å². The fraction of sp³-hybridized carbons (Fsp3) is 0.923. The van der Waals surface area contributed by atoms with Gasteiger partial charge in [-0.15, -0.1) is 0 Å². The maximum Gasteiger partial charge on any atom is 0.472 e. The molecule has 0 radical (unpaired) electrons. The number of rotatable bonds is 38. The molecule has 286 valence electrons. The van der Waals surface area contributed by atoms with Gasteiger partial charge < -0.3 is 21.1 Å². The zero-order chi connectivity index (χ0) is 35.4. The van der Waals surface area contributed by atoms with Crippen LogP contribution in [0.2, 0.25) is 0 Å². The van der Waals surface area contributed by atoms with E-state index in [9.17, 15) is 19.4 Å². The van der Waals surface area contributed by atoms with Crippen LogP contribution in [0.15, 0.2) is 12.2 Å². The van der Waals surface area contributed by atoms with Gasteiger partial charge in [-0.1, -0.05) is 187 Å². The number of nitrogens with two attached hydrogens (primary N) is 1. The molecule has 5 N–H and O–H groups in total. The molecule has 3 atom stereocenters. The average Bonchev–Trinajstić information content (AvgIpc) is 3.07. The number of nitrogens with one attached hydrogen (secondary N) is 1. The summed E-state index contributed by atoms with van der Waals surface area (Å²) in [4.78, 5) is 22.6. The molecule has 0 aliphatic rings. The van der Waals surface area contributed by atoms with Crippen LogP contribution in [0.25, 0.3) is 0 Å². The van der Waals surface area contributed by atoms with E-state index in [4.69, 9.17) is 14.8 Å². The van der Waals surface area contributed by atoms with E-state index >= 15 is 0 Å². The fourth-order valence-corrected chi connectivity index (χ4v) is 6.77. The van der Waals surface area contributed by atoms with E-state index in [1.165, 1.54) is 141 Å². The third-order valence-corrected chi connectivity index (χ3v) is 10.1. The Morgan fingerprint density at radius 2 is 1.06 bits per heavy atom. The molecule has 0 heterocycles. The van der Waals surface area contributed by atoms with Gasteiger partial charge in [-0.2, -0.15) is 0 Å². The van der Waals surface area contributed by atoms with Crippen molar-refractivity contribution in [1.82, 2.24) is 5.32 Å². The summed E-state index contributed by atoms with van der Waals surface area (Å²) in [5.74, 6) is -0.192. The summed E-state index contributed by atoms with van der Waals surface area (Å²) in [5, 5.41) is 13.6. The number of carbonyl (C=O) groups excluding carboxylic acids is 1. The second-order valence-electron chi connectivity index (χ2n) is 13.9. The first-order valence-electron chi connectivity index (χ1n) is 20.3. The Hall–Kier alpha value is -0.760. The topological polar surface area (TPSA) is 131 Å². The van der Waals surface area contributed by atoms with Crippen LogP contribution in [0, 0.1) is 0 Å². The predicted octanol–water partition coefficient (Wildman–Crippen LogP) is 10.8. The molecule has 0 aromatic carbocycles. The zero-order valence-corrected chi connectivity index (χ0v) is 32.4. The molecule has 1 amide bonds. The number of hydrogen-bond donors (Lipinski definition) is 4. The molecule has 8 nitrogen and oxygen atoms in total. The Bertz CT molecular complexity index is 769. The summed E-state index contributed by atoms with van der Waals surface area (Å²) >= 11 is 0. The molecule has 3 unspecified atom stereocenters. The van der Waals surface area contributed by atoms with Crippen molar-refractivity contribution in [3.63, 3.8) is 0 Å². The lowest BCUT2D eigenvalue weighted by molar-refractivity contribution is -0.123. The molecule has 0 spiro atoms. The zero-order valence-electron chi connectivity index (χ0n) is 31.5. The number of phosphoric ester groups is 1. The largest absolute Gasteiger partial charge is 0.472 e. The number of aliphatic hydroxyl groups excluding tert-OH is 1. The van der Waals surface area contributed by atoms with Crippen LogP contribution in [0.4, 0.5) is 0 Å². The van der Waals surface area contributed by atoms with Gasteiger partial charge >= 0.3 is 7.82 Å². The van der Waals surface area contributed by atoms with Crippen molar-refractivity contribution in [3.05, 3.63) is 12.2 Å². The van der Waals surface area contributed by atoms with Crippen LogP contribution in [0.1, 0.15) is 200 Å². The van der Waals surface area contributed by atoms with Crippen LogP contribution in [0.5, 0.6) is 0 Å². The number of unbranched alkanes of at least 4 members (excludes halogenated alkanes) is 26. The highest BCUT2D eigenvalue weighted by Crippen LogP contribution is 2.43. The highest BCUT2D eigenvalue weighted by atomic mass is 31.2. The Morgan fingerprint density at radius 1 is 0.667 bits per heavy atom. The fourth-order valence-electron chi connectivity index (χ4n) is 6.01. The van der Waals surface area contributed by atoms with Crippen molar-refractivity contribution in [3.8, 4) is 0 Å². The molecule has 0 aromatic heterocycles. The number of aliphatic hydroxyl groups is 1. The summed E-state index contributed by atoms with van der Waals surface area (Å²) < 4.78 is 22.0. The maximum atomic E-state index is 12.7. The molecule has 0 aliphatic heterocycles. The molecule has 0 rings (SSSR count). The third kappa shape index (κ3) is 33.7. The van der Waals surface area contributed by atoms with Gasteiger partial charge in [-0.25, -0.2) is 4.57 Å². The highest BCUT2D eigenvalue weighted by molar-refractivity contribution is 7.47. The normalized spacial score (nSPS) is 14.4. The highest BCUT2D eigenvalue weighted by Gasteiger charge is 2.26. The van der Waals surface area contributed by atoms with Crippen LogP contribution in [-0.2, 0) is 18.4 Å². The lowest BCUT2D eigenvalue weighted by atomic mass is 10.0. The smallest absolute Gasteiger partial charge is 0.387 e. The van der Waals surface area contributed by atoms with Gasteiger partial charge in [0.05, 0.1) is 25.4 Å². The maximum absolute atomic E-state index is 12.7. The predicted molar refractivity (Wildman–Crippen MR) is 203 cm³/mol. The molecule has 0 aliphatic carbocycles. The average molecular weight is 703 g/mol. The summed E-state index contributed by atoms with van der Waals surface area (Å²) in [7, 11) is -4.33. The standard InChI is InChI=1S/C39H79N2O6P/c1-3-5-7-9-11-13-15-17-18-19-20-21-23-25-27-29-31-33-39(43)41-37(36-47-48(44,45)46-35-34-40)38(42)32-30-28-26-24-22-16-14-12-10-8-6-4-2/h30,32,37-38,42H,3-29,31,33-36,40H2,1-2H3,(H,41,43)(H,44,45)/b32-30+. The Kier molecular flexibility index (Phi) is 35.5. The van der Waals surface area contributed by atoms with E-state index in [2.05, 4.69) is 19.2 Å². The van der Waals surface area contributed by atoms with Crippen molar-refractivity contribution in [2.45, 2.75) is 212 Å². The van der Waals surface area contributed by atoms with Crippen molar-refractivity contribution in [2.75, 3.05) is 19.8 Å². The quantitative estimate of drug-likeness (QED) is 0.0286. The lowest BCUT2D eigenvalue weighted by Crippen LogP contribution is -2.45. The number of hydrogen-bond acceptors (Lipinski definition) is 6. The first kappa shape index (κ1) is 47.2. The van der Waals surface area contributed by atoms with Crippen molar-refractivity contribution < 1.29 is 28.4 Å². The monoisotopic (exact) mass is 703 g/mol. The van der Waals surface area contributed by atoms with Gasteiger partial charge in [0.25, 0.3) is 0 Å². The number of amides is 1. The van der Waals surface area contributed by atoms with Crippen molar-refractivity contribution in [2.24, 2.45) is 5.73 Å². The minimum Gasteiger partial charge on any atom is -0.387 e. The van der Waals surface area contributed by atoms with Crippen LogP contribution >= 0.6 is 7.82 Å². The number of phosphoric acid groups is 1. The lowest BCUT2D eigenvalue weighted by Gasteiger charge is -2.23. The van der Waals surface area contributed by atoms with Crippen LogP contribution in [0.3, 0.4) is 0 Å². The molecule has 48 heavy (non-hydrogen) atoms. The van der Waals surface area contributed by atoms with E-state index in [-0.39, 0.29) is 25.7 Å². The second kappa shape index (κ2) is 36.0. The SMILES string of the molecule is CCCCCCCCCCCC/C=C/C(O)C(COP(=O)(O)OCCN)NC(=O)CCCCCCCCCCCCCCCCCCC. The van der Waals surface area contributed by atoms with Crippen LogP contribution < -0.4 is 11.1 Å². The molecule has 0 fully saturated rings. The molecule has 0 aromatic rings. The number of allylic oxidation sites excluding steroid dienone is 1. The molecular weight excluding hydrogens is 623 g/mol. The Morgan fingerprint density at radius 3 is 1.48 bits per heavy atom. The van der Waals surface area contributed by atoms with E-state index in [1.54, 1.807) is 6.08 Å². The van der Waals surface area contributed by atoms with E-state index in [1.807, 2.05) is 6.08 Å². The van der Waals surface area contributed by atoms with E-state index < -0.39 is 20.0 Å². The van der Waals surface area contributed by atoms with Gasteiger partial charge in [0.1, 0.15) is 0 Å². The van der Waals surface area contributed by atoms with Gasteiger partial charge in [0.15, 0.2) is 0 Å². The first-order valence-corrected chi connectivity index (χ1v) is 21.8. The minimum atomic E-state index is -4.33. The summed E-state index contributed by atoms with van der Waals surface area (Å²) in [6.07, 6.45) is 38.2. The van der Waals surface area contributed by atoms with Gasteiger partial charge in [0.2, 0.25) is 5.91 Å². The summed E-state index contributed by atoms with van der Waals surface area (Å²) in [6, 6.07) is -0.853. The molecule has 9 heteroatoms.